The highest BCUT2D eigenvalue weighted by atomic mass is 16.6. The van der Waals surface area contributed by atoms with Gasteiger partial charge in [0.15, 0.2) is 0 Å². The molecule has 28 heavy (non-hydrogen) atoms. The van der Waals surface area contributed by atoms with E-state index in [1.54, 1.807) is 30.3 Å². The molecule has 138 valence electrons. The molecular weight excluding hydrogens is 364 g/mol. The number of aromatic amines is 1. The first-order chi connectivity index (χ1) is 13.5. The van der Waals surface area contributed by atoms with E-state index in [1.165, 1.54) is 12.1 Å². The SMILES string of the molecule is N#Cc1c(-c2ccccc2)nc(NN=Cc2cccc([N+](=O)[O-])c2O)[nH]c1=O. The van der Waals surface area contributed by atoms with Crippen LogP contribution in [0.5, 0.6) is 5.75 Å². The number of hydrogen-bond acceptors (Lipinski definition) is 8. The number of nitro benzene ring substituents is 1. The van der Waals surface area contributed by atoms with Gasteiger partial charge in [0, 0.05) is 17.2 Å². The van der Waals surface area contributed by atoms with Gasteiger partial charge in [0.25, 0.3) is 5.56 Å². The van der Waals surface area contributed by atoms with Gasteiger partial charge in [-0.15, -0.1) is 0 Å². The van der Waals surface area contributed by atoms with E-state index in [0.29, 0.717) is 5.56 Å². The Bertz CT molecular complexity index is 1160. The monoisotopic (exact) mass is 376 g/mol. The molecule has 0 fully saturated rings. The topological polar surface area (TPSA) is 157 Å². The van der Waals surface area contributed by atoms with Crippen LogP contribution in [0, 0.1) is 21.4 Å². The molecule has 0 aliphatic rings. The Labute approximate surface area is 157 Å². The molecule has 3 aromatic rings. The van der Waals surface area contributed by atoms with Crippen LogP contribution in [0.25, 0.3) is 11.3 Å². The van der Waals surface area contributed by atoms with Crippen molar-refractivity contribution in [3.05, 3.63) is 80.1 Å². The van der Waals surface area contributed by atoms with Crippen molar-refractivity contribution < 1.29 is 10.0 Å². The fourth-order valence-electron chi connectivity index (χ4n) is 2.40. The highest BCUT2D eigenvalue weighted by Gasteiger charge is 2.15. The number of phenolic OH excluding ortho intramolecular Hbond substituents is 1. The number of nitrogens with zero attached hydrogens (tertiary/aromatic N) is 4. The van der Waals surface area contributed by atoms with Gasteiger partial charge in [-0.1, -0.05) is 36.4 Å². The highest BCUT2D eigenvalue weighted by Crippen LogP contribution is 2.28. The molecule has 0 atom stereocenters. The molecule has 0 saturated heterocycles. The zero-order valence-electron chi connectivity index (χ0n) is 14.2. The van der Waals surface area contributed by atoms with Gasteiger partial charge in [-0.3, -0.25) is 19.9 Å². The summed E-state index contributed by atoms with van der Waals surface area (Å²) >= 11 is 0. The van der Waals surface area contributed by atoms with Crippen molar-refractivity contribution in [2.45, 2.75) is 0 Å². The van der Waals surface area contributed by atoms with Crippen LogP contribution in [0.15, 0.2) is 58.4 Å². The maximum Gasteiger partial charge on any atom is 0.311 e. The molecule has 0 aliphatic carbocycles. The molecule has 0 bridgehead atoms. The van der Waals surface area contributed by atoms with Gasteiger partial charge in [-0.05, 0) is 6.07 Å². The van der Waals surface area contributed by atoms with Crippen molar-refractivity contribution in [1.82, 2.24) is 9.97 Å². The lowest BCUT2D eigenvalue weighted by atomic mass is 10.1. The Morgan fingerprint density at radius 1 is 1.25 bits per heavy atom. The summed E-state index contributed by atoms with van der Waals surface area (Å²) < 4.78 is 0. The van der Waals surface area contributed by atoms with Crippen LogP contribution in [0.4, 0.5) is 11.6 Å². The van der Waals surface area contributed by atoms with E-state index in [0.717, 1.165) is 12.3 Å². The van der Waals surface area contributed by atoms with Crippen LogP contribution in [0.3, 0.4) is 0 Å². The molecule has 0 amide bonds. The fourth-order valence-corrected chi connectivity index (χ4v) is 2.40. The first kappa shape index (κ1) is 18.3. The molecular formula is C18H12N6O4. The van der Waals surface area contributed by atoms with Crippen molar-refractivity contribution in [1.29, 1.82) is 5.26 Å². The third kappa shape index (κ3) is 3.68. The summed E-state index contributed by atoms with van der Waals surface area (Å²) in [6.07, 6.45) is 1.14. The number of para-hydroxylation sites is 1. The quantitative estimate of drug-likeness (QED) is 0.350. The van der Waals surface area contributed by atoms with E-state index in [4.69, 9.17) is 0 Å². The number of H-pyrrole nitrogens is 1. The molecule has 10 nitrogen and oxygen atoms in total. The lowest BCUT2D eigenvalue weighted by Crippen LogP contribution is -2.16. The molecule has 0 spiro atoms. The molecule has 0 radical (unpaired) electrons. The summed E-state index contributed by atoms with van der Waals surface area (Å²) in [6, 6.07) is 14.5. The molecule has 0 aliphatic heterocycles. The summed E-state index contributed by atoms with van der Waals surface area (Å²) in [6.45, 7) is 0. The number of nitro groups is 1. The van der Waals surface area contributed by atoms with Crippen molar-refractivity contribution in [3.8, 4) is 23.1 Å². The first-order valence-corrected chi connectivity index (χ1v) is 7.86. The molecule has 1 aromatic heterocycles. The summed E-state index contributed by atoms with van der Waals surface area (Å²) in [5.74, 6) is -0.576. The largest absolute Gasteiger partial charge is 0.502 e. The minimum atomic E-state index is -0.716. The average molecular weight is 376 g/mol. The van der Waals surface area contributed by atoms with Gasteiger partial charge in [-0.2, -0.15) is 10.4 Å². The molecule has 3 N–H and O–H groups in total. The third-order valence-electron chi connectivity index (χ3n) is 3.70. The van der Waals surface area contributed by atoms with Gasteiger partial charge in [0.2, 0.25) is 11.7 Å². The number of aromatic nitrogens is 2. The van der Waals surface area contributed by atoms with E-state index >= 15 is 0 Å². The van der Waals surface area contributed by atoms with Crippen molar-refractivity contribution in [2.75, 3.05) is 5.43 Å². The summed E-state index contributed by atoms with van der Waals surface area (Å²) in [4.78, 5) is 28.9. The summed E-state index contributed by atoms with van der Waals surface area (Å²) in [7, 11) is 0. The second-order valence-electron chi connectivity index (χ2n) is 5.46. The number of nitrogens with one attached hydrogen (secondary N) is 2. The zero-order chi connectivity index (χ0) is 20.1. The minimum absolute atomic E-state index is 0.0379. The Hall–Kier alpha value is -4.52. The number of benzene rings is 2. The molecule has 1 heterocycles. The highest BCUT2D eigenvalue weighted by molar-refractivity contribution is 5.86. The molecule has 3 rings (SSSR count). The van der Waals surface area contributed by atoms with Gasteiger partial charge in [0.05, 0.1) is 16.8 Å². The predicted molar refractivity (Wildman–Crippen MR) is 101 cm³/mol. The number of rotatable bonds is 5. The van der Waals surface area contributed by atoms with E-state index < -0.39 is 21.9 Å². The van der Waals surface area contributed by atoms with Crippen LogP contribution < -0.4 is 11.0 Å². The Morgan fingerprint density at radius 2 is 2.00 bits per heavy atom. The third-order valence-corrected chi connectivity index (χ3v) is 3.70. The van der Waals surface area contributed by atoms with Gasteiger partial charge in [0.1, 0.15) is 11.6 Å². The van der Waals surface area contributed by atoms with Crippen LogP contribution in [-0.2, 0) is 0 Å². The number of hydrogen-bond donors (Lipinski definition) is 3. The second-order valence-corrected chi connectivity index (χ2v) is 5.46. The Morgan fingerprint density at radius 3 is 2.68 bits per heavy atom. The fraction of sp³-hybridized carbons (Fsp3) is 0. The van der Waals surface area contributed by atoms with Crippen LogP contribution in [0.2, 0.25) is 0 Å². The first-order valence-electron chi connectivity index (χ1n) is 7.86. The van der Waals surface area contributed by atoms with Crippen LogP contribution in [0.1, 0.15) is 11.1 Å². The normalized spacial score (nSPS) is 10.5. The van der Waals surface area contributed by atoms with Crippen molar-refractivity contribution in [3.63, 3.8) is 0 Å². The lowest BCUT2D eigenvalue weighted by molar-refractivity contribution is -0.385. The number of nitriles is 1. The predicted octanol–water partition coefficient (Wildman–Crippen LogP) is 2.37. The van der Waals surface area contributed by atoms with E-state index in [-0.39, 0.29) is 22.8 Å². The molecule has 10 heteroatoms. The van der Waals surface area contributed by atoms with E-state index in [1.807, 2.05) is 6.07 Å². The standard InChI is InChI=1S/C18H12N6O4/c19-9-13-15(11-5-2-1-3-6-11)21-18(22-17(13)26)23-20-10-12-7-4-8-14(16(12)25)24(27)28/h1-8,10,25H,(H2,21,22,23,26). The molecule has 2 aromatic carbocycles. The maximum atomic E-state index is 12.1. The minimum Gasteiger partial charge on any atom is -0.502 e. The molecule has 0 unspecified atom stereocenters. The van der Waals surface area contributed by atoms with Gasteiger partial charge < -0.3 is 5.11 Å². The van der Waals surface area contributed by atoms with Gasteiger partial charge >= 0.3 is 5.69 Å². The van der Waals surface area contributed by atoms with E-state index in [9.17, 15) is 25.3 Å². The smallest absolute Gasteiger partial charge is 0.311 e. The Kier molecular flexibility index (Phi) is 5.09. The number of phenols is 1. The van der Waals surface area contributed by atoms with E-state index in [2.05, 4.69) is 20.5 Å². The van der Waals surface area contributed by atoms with Gasteiger partial charge in [-0.25, -0.2) is 10.4 Å². The zero-order valence-corrected chi connectivity index (χ0v) is 14.2. The number of anilines is 1. The van der Waals surface area contributed by atoms with Crippen molar-refractivity contribution in [2.24, 2.45) is 5.10 Å². The van der Waals surface area contributed by atoms with Crippen molar-refractivity contribution >= 4 is 17.9 Å². The number of hydrazone groups is 1. The van der Waals surface area contributed by atoms with Crippen LogP contribution in [-0.4, -0.2) is 26.2 Å². The second kappa shape index (κ2) is 7.79. The summed E-state index contributed by atoms with van der Waals surface area (Å²) in [5.41, 5.74) is 2.10. The van der Waals surface area contributed by atoms with Crippen LogP contribution >= 0.6 is 0 Å². The summed E-state index contributed by atoms with van der Waals surface area (Å²) in [5, 5.41) is 33.8. The average Bonchev–Trinajstić information content (AvgIpc) is 2.69. The molecule has 0 saturated carbocycles. The Balaban J connectivity index is 1.92. The lowest BCUT2D eigenvalue weighted by Gasteiger charge is -2.06. The number of aromatic hydroxyl groups is 1. The maximum absolute atomic E-state index is 12.1.